The molecule has 0 aliphatic carbocycles. The van der Waals surface area contributed by atoms with Crippen LogP contribution >= 0.6 is 0 Å². The van der Waals surface area contributed by atoms with Crippen molar-refractivity contribution in [3.63, 3.8) is 0 Å². The number of rotatable bonds is 6. The van der Waals surface area contributed by atoms with E-state index in [1.165, 1.54) is 30.4 Å². The molecule has 0 bridgehead atoms. The highest BCUT2D eigenvalue weighted by Gasteiger charge is 2.17. The molecule has 0 unspecified atom stereocenters. The van der Waals surface area contributed by atoms with Gasteiger partial charge in [-0.15, -0.1) is 0 Å². The number of methoxy groups -OCH3 is 1. The molecule has 1 aliphatic heterocycles. The van der Waals surface area contributed by atoms with Crippen LogP contribution in [0.1, 0.15) is 19.8 Å². The lowest BCUT2D eigenvalue weighted by Crippen LogP contribution is -2.36. The van der Waals surface area contributed by atoms with Gasteiger partial charge in [-0.3, -0.25) is 9.59 Å². The molecule has 0 saturated carbocycles. The van der Waals surface area contributed by atoms with E-state index in [2.05, 4.69) is 10.2 Å². The van der Waals surface area contributed by atoms with Crippen LogP contribution in [-0.2, 0) is 9.59 Å². The average molecular weight is 367 g/mol. The van der Waals surface area contributed by atoms with Gasteiger partial charge >= 0.3 is 0 Å². The summed E-state index contributed by atoms with van der Waals surface area (Å²) >= 11 is 0. The molecule has 27 heavy (non-hydrogen) atoms. The predicted octanol–water partition coefficient (Wildman–Crippen LogP) is 3.29. The molecule has 1 saturated heterocycles. The van der Waals surface area contributed by atoms with E-state index in [0.29, 0.717) is 11.4 Å². The highest BCUT2D eigenvalue weighted by atomic mass is 16.5. The fourth-order valence-corrected chi connectivity index (χ4v) is 3.24. The van der Waals surface area contributed by atoms with Gasteiger partial charge in [0.2, 0.25) is 11.8 Å². The van der Waals surface area contributed by atoms with Gasteiger partial charge in [0.1, 0.15) is 12.3 Å². The first kappa shape index (κ1) is 18.8. The second-order valence-corrected chi connectivity index (χ2v) is 6.60. The van der Waals surface area contributed by atoms with Crippen molar-refractivity contribution in [3.8, 4) is 5.75 Å². The first-order valence-corrected chi connectivity index (χ1v) is 9.14. The lowest BCUT2D eigenvalue weighted by Gasteiger charge is -2.21. The molecule has 1 fully saturated rings. The summed E-state index contributed by atoms with van der Waals surface area (Å²) < 4.78 is 5.20. The standard InChI is InChI=1S/C21H25N3O3/c1-16(25)24(19-6-5-7-20(14-19)27-2)15-21(26)22-17-8-10-18(11-9-17)23-12-3-4-13-23/h5-11,14H,3-4,12-13,15H2,1-2H3,(H,22,26). The normalized spacial score (nSPS) is 13.3. The van der Waals surface area contributed by atoms with Gasteiger partial charge in [-0.2, -0.15) is 0 Å². The summed E-state index contributed by atoms with van der Waals surface area (Å²) in [5, 5.41) is 2.86. The molecule has 3 rings (SSSR count). The smallest absolute Gasteiger partial charge is 0.244 e. The maximum absolute atomic E-state index is 12.4. The third-order valence-electron chi connectivity index (χ3n) is 4.67. The molecular formula is C21H25N3O3. The Kier molecular flexibility index (Phi) is 5.96. The summed E-state index contributed by atoms with van der Waals surface area (Å²) in [6.45, 7) is 3.55. The van der Waals surface area contributed by atoms with E-state index in [0.717, 1.165) is 18.8 Å². The summed E-state index contributed by atoms with van der Waals surface area (Å²) in [4.78, 5) is 28.2. The van der Waals surface area contributed by atoms with Gasteiger partial charge in [0.05, 0.1) is 7.11 Å². The van der Waals surface area contributed by atoms with E-state index in [1.807, 2.05) is 24.3 Å². The Hall–Kier alpha value is -3.02. The molecule has 6 nitrogen and oxygen atoms in total. The van der Waals surface area contributed by atoms with Crippen LogP contribution in [0.5, 0.6) is 5.75 Å². The van der Waals surface area contributed by atoms with Crippen LogP contribution in [0.15, 0.2) is 48.5 Å². The summed E-state index contributed by atoms with van der Waals surface area (Å²) in [7, 11) is 1.57. The summed E-state index contributed by atoms with van der Waals surface area (Å²) in [6.07, 6.45) is 2.45. The average Bonchev–Trinajstić information content (AvgIpc) is 3.21. The quantitative estimate of drug-likeness (QED) is 0.851. The van der Waals surface area contributed by atoms with Crippen LogP contribution in [0.2, 0.25) is 0 Å². The van der Waals surface area contributed by atoms with Crippen molar-refractivity contribution in [2.45, 2.75) is 19.8 Å². The Morgan fingerprint density at radius 3 is 2.44 bits per heavy atom. The minimum absolute atomic E-state index is 0.0591. The number of carbonyl (C=O) groups excluding carboxylic acids is 2. The van der Waals surface area contributed by atoms with Gasteiger partial charge in [0.15, 0.2) is 0 Å². The van der Waals surface area contributed by atoms with Crippen molar-refractivity contribution in [2.75, 3.05) is 41.9 Å². The van der Waals surface area contributed by atoms with Gasteiger partial charge < -0.3 is 19.9 Å². The van der Waals surface area contributed by atoms with E-state index in [1.54, 1.807) is 31.4 Å². The molecule has 1 N–H and O–H groups in total. The Morgan fingerprint density at radius 2 is 1.81 bits per heavy atom. The van der Waals surface area contributed by atoms with Crippen molar-refractivity contribution in [1.82, 2.24) is 0 Å². The Labute approximate surface area is 159 Å². The molecule has 2 amide bonds. The second kappa shape index (κ2) is 8.58. The van der Waals surface area contributed by atoms with Gasteiger partial charge in [-0.25, -0.2) is 0 Å². The molecule has 142 valence electrons. The van der Waals surface area contributed by atoms with Crippen LogP contribution in [0.4, 0.5) is 17.1 Å². The van der Waals surface area contributed by atoms with Crippen molar-refractivity contribution in [2.24, 2.45) is 0 Å². The zero-order valence-electron chi connectivity index (χ0n) is 15.8. The van der Waals surface area contributed by atoms with Crippen molar-refractivity contribution >= 4 is 28.9 Å². The van der Waals surface area contributed by atoms with Gasteiger partial charge in [0, 0.05) is 43.1 Å². The largest absolute Gasteiger partial charge is 0.497 e. The van der Waals surface area contributed by atoms with E-state index in [-0.39, 0.29) is 18.4 Å². The molecular weight excluding hydrogens is 342 g/mol. The van der Waals surface area contributed by atoms with E-state index < -0.39 is 0 Å². The SMILES string of the molecule is COc1cccc(N(CC(=O)Nc2ccc(N3CCCC3)cc2)C(C)=O)c1. The summed E-state index contributed by atoms with van der Waals surface area (Å²) in [5.41, 5.74) is 2.52. The Morgan fingerprint density at radius 1 is 1.11 bits per heavy atom. The third-order valence-corrected chi connectivity index (χ3v) is 4.67. The first-order chi connectivity index (χ1) is 13.1. The number of carbonyl (C=O) groups is 2. The van der Waals surface area contributed by atoms with Crippen LogP contribution < -0.4 is 19.9 Å². The molecule has 6 heteroatoms. The van der Waals surface area contributed by atoms with E-state index in [4.69, 9.17) is 4.74 Å². The molecule has 0 aromatic heterocycles. The number of hydrogen-bond donors (Lipinski definition) is 1. The number of nitrogens with zero attached hydrogens (tertiary/aromatic N) is 2. The van der Waals surface area contributed by atoms with Crippen molar-refractivity contribution in [3.05, 3.63) is 48.5 Å². The molecule has 1 aliphatic rings. The number of nitrogens with one attached hydrogen (secondary N) is 1. The van der Waals surface area contributed by atoms with Crippen LogP contribution in [-0.4, -0.2) is 38.6 Å². The molecule has 0 atom stereocenters. The highest BCUT2D eigenvalue weighted by Crippen LogP contribution is 2.23. The number of ether oxygens (including phenoxy) is 1. The summed E-state index contributed by atoms with van der Waals surface area (Å²) in [6, 6.07) is 14.9. The van der Waals surface area contributed by atoms with E-state index >= 15 is 0 Å². The second-order valence-electron chi connectivity index (χ2n) is 6.60. The van der Waals surface area contributed by atoms with Crippen LogP contribution in [0, 0.1) is 0 Å². The number of benzene rings is 2. The summed E-state index contributed by atoms with van der Waals surface area (Å²) in [5.74, 6) is 0.182. The first-order valence-electron chi connectivity index (χ1n) is 9.14. The monoisotopic (exact) mass is 367 g/mol. The van der Waals surface area contributed by atoms with Crippen LogP contribution in [0.3, 0.4) is 0 Å². The fraction of sp³-hybridized carbons (Fsp3) is 0.333. The fourth-order valence-electron chi connectivity index (χ4n) is 3.24. The Bertz CT molecular complexity index is 799. The molecule has 1 heterocycles. The number of anilines is 3. The van der Waals surface area contributed by atoms with Crippen molar-refractivity contribution in [1.29, 1.82) is 0 Å². The minimum Gasteiger partial charge on any atom is -0.497 e. The van der Waals surface area contributed by atoms with Crippen LogP contribution in [0.25, 0.3) is 0 Å². The predicted molar refractivity (Wildman–Crippen MR) is 108 cm³/mol. The van der Waals surface area contributed by atoms with E-state index in [9.17, 15) is 9.59 Å². The lowest BCUT2D eigenvalue weighted by molar-refractivity contribution is -0.120. The van der Waals surface area contributed by atoms with Gasteiger partial charge in [-0.05, 0) is 49.2 Å². The molecule has 2 aromatic carbocycles. The van der Waals surface area contributed by atoms with Gasteiger partial charge in [0.25, 0.3) is 0 Å². The zero-order chi connectivity index (χ0) is 19.2. The third kappa shape index (κ3) is 4.78. The van der Waals surface area contributed by atoms with Gasteiger partial charge in [-0.1, -0.05) is 6.07 Å². The molecule has 0 spiro atoms. The lowest BCUT2D eigenvalue weighted by atomic mass is 10.2. The maximum Gasteiger partial charge on any atom is 0.244 e. The highest BCUT2D eigenvalue weighted by molar-refractivity contribution is 6.01. The zero-order valence-corrected chi connectivity index (χ0v) is 15.8. The molecule has 0 radical (unpaired) electrons. The number of hydrogen-bond acceptors (Lipinski definition) is 4. The minimum atomic E-state index is -0.248. The topological polar surface area (TPSA) is 61.9 Å². The number of amides is 2. The molecule has 2 aromatic rings. The van der Waals surface area contributed by atoms with Crippen molar-refractivity contribution < 1.29 is 14.3 Å². The Balaban J connectivity index is 1.64. The maximum atomic E-state index is 12.4.